The van der Waals surface area contributed by atoms with Crippen LogP contribution in [0.25, 0.3) is 0 Å². The van der Waals surface area contributed by atoms with Gasteiger partial charge in [0, 0.05) is 19.6 Å². The van der Waals surface area contributed by atoms with Crippen molar-refractivity contribution in [2.75, 3.05) is 40.5 Å². The summed E-state index contributed by atoms with van der Waals surface area (Å²) in [5.74, 6) is 1.37. The maximum absolute atomic E-state index is 12.6. The molecule has 6 nitrogen and oxygen atoms in total. The normalized spacial score (nSPS) is 13.5. The average molecular weight is 463 g/mol. The fourth-order valence-corrected chi connectivity index (χ4v) is 3.99. The second-order valence-corrected chi connectivity index (χ2v) is 8.17. The standard InChI is InChI=1S/C25H32F2N2O4/c1-17-6-7-21(33-16-24(26)27)20(12-17)25(30)28-9-4-5-10-29-11-8-18-13-22(31-2)23(32-3)14-19(18)15-29/h6-7,12-14,24H,4-5,8-11,15-16H2,1-3H3,(H,28,30). The number of amides is 1. The quantitative estimate of drug-likeness (QED) is 0.507. The molecular formula is C25H32F2N2O4. The summed E-state index contributed by atoms with van der Waals surface area (Å²) in [5.41, 5.74) is 3.69. The number of aryl methyl sites for hydroxylation is 1. The number of benzene rings is 2. The molecule has 180 valence electrons. The molecule has 2 aromatic rings. The van der Waals surface area contributed by atoms with E-state index < -0.39 is 13.0 Å². The molecule has 8 heteroatoms. The van der Waals surface area contributed by atoms with Crippen molar-refractivity contribution in [3.63, 3.8) is 0 Å². The Kier molecular flexibility index (Phi) is 8.88. The zero-order valence-corrected chi connectivity index (χ0v) is 19.5. The highest BCUT2D eigenvalue weighted by Gasteiger charge is 2.19. The molecule has 0 radical (unpaired) electrons. The molecule has 1 heterocycles. The zero-order valence-electron chi connectivity index (χ0n) is 19.5. The molecule has 0 bridgehead atoms. The minimum atomic E-state index is -2.59. The summed E-state index contributed by atoms with van der Waals surface area (Å²) < 4.78 is 40.9. The van der Waals surface area contributed by atoms with Gasteiger partial charge in [0.1, 0.15) is 12.4 Å². The molecule has 0 aliphatic carbocycles. The van der Waals surface area contributed by atoms with Gasteiger partial charge in [0.15, 0.2) is 11.5 Å². The molecule has 1 aliphatic rings. The highest BCUT2D eigenvalue weighted by molar-refractivity contribution is 5.97. The third kappa shape index (κ3) is 6.81. The van der Waals surface area contributed by atoms with E-state index in [1.807, 2.05) is 6.92 Å². The number of carbonyl (C=O) groups excluding carboxylic acids is 1. The van der Waals surface area contributed by atoms with Gasteiger partial charge in [0.2, 0.25) is 0 Å². The monoisotopic (exact) mass is 462 g/mol. The third-order valence-corrected chi connectivity index (χ3v) is 5.73. The minimum Gasteiger partial charge on any atom is -0.493 e. The van der Waals surface area contributed by atoms with E-state index >= 15 is 0 Å². The highest BCUT2D eigenvalue weighted by Crippen LogP contribution is 2.33. The van der Waals surface area contributed by atoms with E-state index in [9.17, 15) is 13.6 Å². The van der Waals surface area contributed by atoms with Crippen LogP contribution in [0.15, 0.2) is 30.3 Å². The molecule has 3 rings (SSSR count). The van der Waals surface area contributed by atoms with E-state index in [0.29, 0.717) is 6.54 Å². The predicted octanol–water partition coefficient (Wildman–Crippen LogP) is 4.22. The molecule has 0 spiro atoms. The van der Waals surface area contributed by atoms with E-state index in [2.05, 4.69) is 22.3 Å². The van der Waals surface area contributed by atoms with Crippen molar-refractivity contribution in [3.05, 3.63) is 52.6 Å². The van der Waals surface area contributed by atoms with Crippen molar-refractivity contribution < 1.29 is 27.8 Å². The summed E-state index contributed by atoms with van der Waals surface area (Å²) in [6.45, 7) is 4.38. The number of nitrogens with zero attached hydrogens (tertiary/aromatic N) is 1. The average Bonchev–Trinajstić information content (AvgIpc) is 2.81. The topological polar surface area (TPSA) is 60.0 Å². The van der Waals surface area contributed by atoms with Crippen LogP contribution in [0.3, 0.4) is 0 Å². The molecule has 33 heavy (non-hydrogen) atoms. The fraction of sp³-hybridized carbons (Fsp3) is 0.480. The van der Waals surface area contributed by atoms with E-state index in [0.717, 1.165) is 56.0 Å². The largest absolute Gasteiger partial charge is 0.493 e. The number of nitrogens with one attached hydrogen (secondary N) is 1. The van der Waals surface area contributed by atoms with Gasteiger partial charge >= 0.3 is 0 Å². The van der Waals surface area contributed by atoms with Crippen molar-refractivity contribution in [2.45, 2.75) is 39.2 Å². The number of hydrogen-bond acceptors (Lipinski definition) is 5. The van der Waals surface area contributed by atoms with Gasteiger partial charge in [0.25, 0.3) is 12.3 Å². The second-order valence-electron chi connectivity index (χ2n) is 8.17. The summed E-state index contributed by atoms with van der Waals surface area (Å²) in [6, 6.07) is 9.07. The Morgan fingerprint density at radius 3 is 2.48 bits per heavy atom. The lowest BCUT2D eigenvalue weighted by molar-refractivity contribution is 0.0795. The van der Waals surface area contributed by atoms with Gasteiger partial charge in [-0.25, -0.2) is 8.78 Å². The molecular weight excluding hydrogens is 430 g/mol. The van der Waals surface area contributed by atoms with Crippen molar-refractivity contribution in [2.24, 2.45) is 0 Å². The van der Waals surface area contributed by atoms with Gasteiger partial charge in [-0.3, -0.25) is 9.69 Å². The van der Waals surface area contributed by atoms with Crippen molar-refractivity contribution >= 4 is 5.91 Å². The van der Waals surface area contributed by atoms with Gasteiger partial charge in [-0.15, -0.1) is 0 Å². The molecule has 2 aromatic carbocycles. The molecule has 0 atom stereocenters. The van der Waals surface area contributed by atoms with Crippen LogP contribution in [0.1, 0.15) is 39.9 Å². The molecule has 0 aromatic heterocycles. The summed E-state index contributed by atoms with van der Waals surface area (Å²) in [5, 5.41) is 2.88. The number of carbonyl (C=O) groups is 1. The molecule has 1 N–H and O–H groups in total. The first kappa shape index (κ1) is 24.8. The van der Waals surface area contributed by atoms with Crippen LogP contribution in [0, 0.1) is 6.92 Å². The number of alkyl halides is 2. The fourth-order valence-electron chi connectivity index (χ4n) is 3.99. The van der Waals surface area contributed by atoms with Crippen LogP contribution >= 0.6 is 0 Å². The summed E-state index contributed by atoms with van der Waals surface area (Å²) in [6.07, 6.45) is 0.124. The van der Waals surface area contributed by atoms with Gasteiger partial charge < -0.3 is 19.5 Å². The van der Waals surface area contributed by atoms with Crippen molar-refractivity contribution in [1.82, 2.24) is 10.2 Å². The van der Waals surface area contributed by atoms with E-state index in [-0.39, 0.29) is 17.2 Å². The molecule has 0 saturated carbocycles. The first-order valence-corrected chi connectivity index (χ1v) is 11.2. The number of rotatable bonds is 11. The maximum atomic E-state index is 12.6. The lowest BCUT2D eigenvalue weighted by Gasteiger charge is -2.29. The number of ether oxygens (including phenoxy) is 3. The van der Waals surface area contributed by atoms with Crippen molar-refractivity contribution in [3.8, 4) is 17.2 Å². The van der Waals surface area contributed by atoms with Crippen LogP contribution in [0.2, 0.25) is 0 Å². The number of methoxy groups -OCH3 is 2. The van der Waals surface area contributed by atoms with Crippen LogP contribution in [-0.4, -0.2) is 57.7 Å². The van der Waals surface area contributed by atoms with E-state index in [4.69, 9.17) is 14.2 Å². The molecule has 1 aliphatic heterocycles. The summed E-state index contributed by atoms with van der Waals surface area (Å²) in [7, 11) is 3.29. The molecule has 0 fully saturated rings. The summed E-state index contributed by atoms with van der Waals surface area (Å²) in [4.78, 5) is 15.0. The molecule has 0 unspecified atom stereocenters. The first-order valence-electron chi connectivity index (χ1n) is 11.2. The Morgan fingerprint density at radius 2 is 1.79 bits per heavy atom. The van der Waals surface area contributed by atoms with Crippen molar-refractivity contribution in [1.29, 1.82) is 0 Å². The molecule has 1 amide bonds. The van der Waals surface area contributed by atoms with E-state index in [1.54, 1.807) is 32.4 Å². The van der Waals surface area contributed by atoms with Crippen LogP contribution in [0.5, 0.6) is 17.2 Å². The zero-order chi connectivity index (χ0) is 23.8. The van der Waals surface area contributed by atoms with Crippen LogP contribution < -0.4 is 19.5 Å². The SMILES string of the molecule is COc1cc2c(cc1OC)CN(CCCCNC(=O)c1cc(C)ccc1OCC(F)F)CC2. The predicted molar refractivity (Wildman–Crippen MR) is 123 cm³/mol. The Balaban J connectivity index is 1.45. The van der Waals surface area contributed by atoms with Gasteiger partial charge in [-0.2, -0.15) is 0 Å². The van der Waals surface area contributed by atoms with E-state index in [1.165, 1.54) is 11.1 Å². The van der Waals surface area contributed by atoms with Crippen LogP contribution in [0.4, 0.5) is 8.78 Å². The number of unbranched alkanes of at least 4 members (excludes halogenated alkanes) is 1. The Labute approximate surface area is 193 Å². The number of fused-ring (bicyclic) bond motifs is 1. The van der Waals surface area contributed by atoms with Gasteiger partial charge in [-0.1, -0.05) is 11.6 Å². The smallest absolute Gasteiger partial charge is 0.272 e. The van der Waals surface area contributed by atoms with Gasteiger partial charge in [0.05, 0.1) is 19.8 Å². The maximum Gasteiger partial charge on any atom is 0.272 e. The molecule has 0 saturated heterocycles. The lowest BCUT2D eigenvalue weighted by Crippen LogP contribution is -2.32. The Morgan fingerprint density at radius 1 is 1.06 bits per heavy atom. The Bertz CT molecular complexity index is 952. The first-order chi connectivity index (χ1) is 15.9. The lowest BCUT2D eigenvalue weighted by atomic mass is 9.98. The minimum absolute atomic E-state index is 0.178. The Hall–Kier alpha value is -2.87. The highest BCUT2D eigenvalue weighted by atomic mass is 19.3. The van der Waals surface area contributed by atoms with Crippen LogP contribution in [-0.2, 0) is 13.0 Å². The second kappa shape index (κ2) is 11.8. The number of hydrogen-bond donors (Lipinski definition) is 1. The van der Waals surface area contributed by atoms with Gasteiger partial charge in [-0.05, 0) is 68.1 Å². The number of halogens is 2. The third-order valence-electron chi connectivity index (χ3n) is 5.73. The summed E-state index contributed by atoms with van der Waals surface area (Å²) >= 11 is 0.